The van der Waals surface area contributed by atoms with E-state index in [1.54, 1.807) is 29.9 Å². The van der Waals surface area contributed by atoms with E-state index in [4.69, 9.17) is 11.6 Å². The Hall–Kier alpha value is -2.99. The molecular weight excluding hydrogens is 493 g/mol. The zero-order valence-corrected chi connectivity index (χ0v) is 22.8. The first-order valence-corrected chi connectivity index (χ1v) is 13.8. The monoisotopic (exact) mass is 529 g/mol. The van der Waals surface area contributed by atoms with Gasteiger partial charge in [0, 0.05) is 50.4 Å². The fraction of sp³-hybridized carbons (Fsp3) is 0.423. The Balaban J connectivity index is 1.76. The molecule has 0 radical (unpaired) electrons. The topological polar surface area (TPSA) is 114 Å². The van der Waals surface area contributed by atoms with Gasteiger partial charge < -0.3 is 10.7 Å². The number of allylic oxidation sites excluding steroid dienone is 1. The Bertz CT molecular complexity index is 1410. The fourth-order valence-electron chi connectivity index (χ4n) is 5.13. The molecule has 0 bridgehead atoms. The van der Waals surface area contributed by atoms with Crippen LogP contribution in [0, 0.1) is 18.7 Å². The van der Waals surface area contributed by atoms with Crippen LogP contribution < -0.4 is 11.6 Å². The molecule has 37 heavy (non-hydrogen) atoms. The second-order valence-corrected chi connectivity index (χ2v) is 12.0. The number of aromatic nitrogens is 2. The SMILES string of the molecule is C/C(N)=C(/N(C)N)S(=O)(=O)N1CCN(CC(C)C)C(c2cc3cnn(-c4ccc(F)cc4)c3cc2C)C1. The minimum Gasteiger partial charge on any atom is -0.400 e. The first-order valence-electron chi connectivity index (χ1n) is 12.3. The maximum atomic E-state index is 13.6. The molecule has 4 N–H and O–H groups in total. The van der Waals surface area contributed by atoms with Gasteiger partial charge in [-0.3, -0.25) is 4.90 Å². The van der Waals surface area contributed by atoms with Gasteiger partial charge >= 0.3 is 0 Å². The van der Waals surface area contributed by atoms with Gasteiger partial charge in [0.15, 0.2) is 5.03 Å². The molecular formula is C26H36FN7O2S. The first-order chi connectivity index (χ1) is 17.4. The Kier molecular flexibility index (Phi) is 7.61. The highest BCUT2D eigenvalue weighted by molar-refractivity contribution is 7.92. The molecule has 2 heterocycles. The number of piperazine rings is 1. The second kappa shape index (κ2) is 10.4. The molecule has 1 aliphatic heterocycles. The smallest absolute Gasteiger partial charge is 0.261 e. The zero-order valence-electron chi connectivity index (χ0n) is 22.0. The third kappa shape index (κ3) is 5.35. The summed E-state index contributed by atoms with van der Waals surface area (Å²) in [5.74, 6) is 5.97. The van der Waals surface area contributed by atoms with Gasteiger partial charge in [-0.05, 0) is 67.3 Å². The van der Waals surface area contributed by atoms with E-state index in [0.29, 0.717) is 19.0 Å². The van der Waals surface area contributed by atoms with Gasteiger partial charge in [0.25, 0.3) is 10.0 Å². The molecule has 4 rings (SSSR count). The minimum absolute atomic E-state index is 0.0868. The number of nitrogens with two attached hydrogens (primary N) is 2. The van der Waals surface area contributed by atoms with Crippen molar-refractivity contribution in [2.24, 2.45) is 17.5 Å². The molecule has 1 fully saturated rings. The van der Waals surface area contributed by atoms with Crippen molar-refractivity contribution in [3.8, 4) is 5.69 Å². The lowest BCUT2D eigenvalue weighted by molar-refractivity contribution is 0.105. The van der Waals surface area contributed by atoms with E-state index in [1.165, 1.54) is 23.5 Å². The number of hydrogen-bond acceptors (Lipinski definition) is 7. The number of nitrogens with zero attached hydrogens (tertiary/aromatic N) is 5. The zero-order chi connectivity index (χ0) is 27.1. The van der Waals surface area contributed by atoms with Crippen LogP contribution in [-0.4, -0.2) is 65.6 Å². The molecule has 200 valence electrons. The molecule has 1 aliphatic rings. The van der Waals surface area contributed by atoms with Crippen LogP contribution in [0.15, 0.2) is 53.3 Å². The van der Waals surface area contributed by atoms with Gasteiger partial charge in [0.05, 0.1) is 17.4 Å². The van der Waals surface area contributed by atoms with Crippen molar-refractivity contribution in [2.75, 3.05) is 33.2 Å². The third-order valence-electron chi connectivity index (χ3n) is 6.68. The second-order valence-electron chi connectivity index (χ2n) is 10.2. The number of sulfonamides is 1. The number of hydrazine groups is 1. The Morgan fingerprint density at radius 1 is 1.22 bits per heavy atom. The molecule has 3 aromatic rings. The summed E-state index contributed by atoms with van der Waals surface area (Å²) in [7, 11) is -2.41. The average molecular weight is 530 g/mol. The summed E-state index contributed by atoms with van der Waals surface area (Å²) in [6.45, 7) is 9.92. The van der Waals surface area contributed by atoms with E-state index >= 15 is 0 Å². The standard InChI is InChI=1S/C26H36FN7O2S/c1-17(2)15-32-10-11-33(37(35,36)26(19(4)28)31(5)29)16-25(32)23-13-20-14-30-34(24(20)12-18(23)3)22-8-6-21(27)7-9-22/h6-9,12-14,17,25H,10-11,15-16,28-29H2,1-5H3/b26-19+. The lowest BCUT2D eigenvalue weighted by Crippen LogP contribution is -2.53. The summed E-state index contributed by atoms with van der Waals surface area (Å²) < 4.78 is 43.8. The number of fused-ring (bicyclic) bond motifs is 1. The number of halogens is 1. The molecule has 0 amide bonds. The van der Waals surface area contributed by atoms with Crippen molar-refractivity contribution in [1.82, 2.24) is 24.0 Å². The van der Waals surface area contributed by atoms with Crippen LogP contribution in [0.3, 0.4) is 0 Å². The summed E-state index contributed by atoms with van der Waals surface area (Å²) in [6, 6.07) is 10.2. The van der Waals surface area contributed by atoms with Crippen molar-refractivity contribution in [1.29, 1.82) is 0 Å². The van der Waals surface area contributed by atoms with Crippen LogP contribution in [0.25, 0.3) is 16.6 Å². The van der Waals surface area contributed by atoms with Crippen LogP contribution in [0.4, 0.5) is 4.39 Å². The summed E-state index contributed by atoms with van der Waals surface area (Å²) in [4.78, 5) is 2.35. The Morgan fingerprint density at radius 3 is 2.49 bits per heavy atom. The molecule has 0 aliphatic carbocycles. The summed E-state index contributed by atoms with van der Waals surface area (Å²) >= 11 is 0. The summed E-state index contributed by atoms with van der Waals surface area (Å²) in [5, 5.41) is 6.45. The van der Waals surface area contributed by atoms with Crippen molar-refractivity contribution < 1.29 is 12.8 Å². The van der Waals surface area contributed by atoms with Crippen LogP contribution >= 0.6 is 0 Å². The molecule has 0 spiro atoms. The van der Waals surface area contributed by atoms with E-state index in [9.17, 15) is 12.8 Å². The van der Waals surface area contributed by atoms with Gasteiger partial charge in [0.1, 0.15) is 5.82 Å². The van der Waals surface area contributed by atoms with E-state index in [-0.39, 0.29) is 29.1 Å². The quantitative estimate of drug-likeness (QED) is 0.357. The molecule has 1 unspecified atom stereocenters. The van der Waals surface area contributed by atoms with Crippen LogP contribution in [0.2, 0.25) is 0 Å². The summed E-state index contributed by atoms with van der Waals surface area (Å²) in [5.41, 5.74) is 9.81. The molecule has 1 aromatic heterocycles. The predicted molar refractivity (Wildman–Crippen MR) is 144 cm³/mol. The van der Waals surface area contributed by atoms with Crippen molar-refractivity contribution in [3.63, 3.8) is 0 Å². The molecule has 1 saturated heterocycles. The average Bonchev–Trinajstić information content (AvgIpc) is 3.20. The van der Waals surface area contributed by atoms with Gasteiger partial charge in [0.2, 0.25) is 0 Å². The fourth-order valence-corrected chi connectivity index (χ4v) is 6.80. The van der Waals surface area contributed by atoms with E-state index in [1.807, 2.05) is 6.92 Å². The third-order valence-corrected chi connectivity index (χ3v) is 8.79. The molecule has 2 aromatic carbocycles. The number of benzene rings is 2. The highest BCUT2D eigenvalue weighted by Crippen LogP contribution is 2.34. The Morgan fingerprint density at radius 2 is 1.89 bits per heavy atom. The number of hydrogen-bond donors (Lipinski definition) is 2. The molecule has 9 nitrogen and oxygen atoms in total. The van der Waals surface area contributed by atoms with Gasteiger partial charge in [-0.15, -0.1) is 0 Å². The number of aryl methyl sites for hydroxylation is 1. The highest BCUT2D eigenvalue weighted by Gasteiger charge is 2.38. The van der Waals surface area contributed by atoms with Gasteiger partial charge in [-0.25, -0.2) is 23.3 Å². The first kappa shape index (κ1) is 27.1. The van der Waals surface area contributed by atoms with E-state index < -0.39 is 10.0 Å². The molecule has 1 atom stereocenters. The van der Waals surface area contributed by atoms with Crippen LogP contribution in [0.1, 0.15) is 37.9 Å². The van der Waals surface area contributed by atoms with Crippen molar-refractivity contribution >= 4 is 20.9 Å². The highest BCUT2D eigenvalue weighted by atomic mass is 32.2. The lowest BCUT2D eigenvalue weighted by atomic mass is 9.96. The lowest BCUT2D eigenvalue weighted by Gasteiger charge is -2.42. The van der Waals surface area contributed by atoms with Gasteiger partial charge in [-0.2, -0.15) is 9.40 Å². The van der Waals surface area contributed by atoms with E-state index in [0.717, 1.165) is 39.3 Å². The van der Waals surface area contributed by atoms with Crippen LogP contribution in [0.5, 0.6) is 0 Å². The van der Waals surface area contributed by atoms with Gasteiger partial charge in [-0.1, -0.05) is 13.8 Å². The van der Waals surface area contributed by atoms with Crippen molar-refractivity contribution in [2.45, 2.75) is 33.7 Å². The Labute approximate surface area is 218 Å². The maximum Gasteiger partial charge on any atom is 0.261 e. The molecule has 0 saturated carbocycles. The maximum absolute atomic E-state index is 13.6. The van der Waals surface area contributed by atoms with Crippen molar-refractivity contribution in [3.05, 3.63) is 70.3 Å². The van der Waals surface area contributed by atoms with E-state index in [2.05, 4.69) is 36.0 Å². The largest absolute Gasteiger partial charge is 0.400 e. The number of rotatable bonds is 7. The minimum atomic E-state index is -3.89. The predicted octanol–water partition coefficient (Wildman–Crippen LogP) is 3.07. The summed E-state index contributed by atoms with van der Waals surface area (Å²) in [6.07, 6.45) is 1.79. The normalized spacial score (nSPS) is 18.4. The molecule has 11 heteroatoms. The van der Waals surface area contributed by atoms with Crippen LogP contribution in [-0.2, 0) is 10.0 Å².